The monoisotopic (exact) mass is 526 g/mol. The van der Waals surface area contributed by atoms with Crippen molar-refractivity contribution in [2.24, 2.45) is 5.41 Å². The third-order valence-electron chi connectivity index (χ3n) is 6.06. The minimum Gasteiger partial charge on any atom is -0.516 e. The molecule has 0 aromatic heterocycles. The van der Waals surface area contributed by atoms with Gasteiger partial charge in [0.25, 0.3) is 0 Å². The lowest BCUT2D eigenvalue weighted by Crippen LogP contribution is -2.31. The number of aliphatic hydroxyl groups is 1. The highest BCUT2D eigenvalue weighted by molar-refractivity contribution is 5.78. The number of esters is 1. The molecule has 3 rings (SSSR count). The Morgan fingerprint density at radius 1 is 0.795 bits per heavy atom. The van der Waals surface area contributed by atoms with Gasteiger partial charge in [0.1, 0.15) is 11.5 Å². The van der Waals surface area contributed by atoms with E-state index in [1.807, 2.05) is 113 Å². The highest BCUT2D eigenvalue weighted by Gasteiger charge is 2.30. The highest BCUT2D eigenvalue weighted by Crippen LogP contribution is 2.26. The van der Waals surface area contributed by atoms with E-state index in [4.69, 9.17) is 19.3 Å². The average molecular weight is 527 g/mol. The molecule has 5 heteroatoms. The fraction of sp³-hybridized carbons (Fsp3) is 0.265. The number of rotatable bonds is 13. The second-order valence-corrected chi connectivity index (χ2v) is 9.77. The van der Waals surface area contributed by atoms with Gasteiger partial charge in [0, 0.05) is 13.0 Å². The molecule has 3 aromatic rings. The summed E-state index contributed by atoms with van der Waals surface area (Å²) in [5, 5.41) is 8.89. The highest BCUT2D eigenvalue weighted by atomic mass is 16.7. The van der Waals surface area contributed by atoms with Gasteiger partial charge >= 0.3 is 5.97 Å². The number of benzene rings is 3. The lowest BCUT2D eigenvalue weighted by atomic mass is 9.85. The summed E-state index contributed by atoms with van der Waals surface area (Å²) in [4.78, 5) is 12.9. The van der Waals surface area contributed by atoms with Crippen LogP contribution < -0.4 is 9.47 Å². The minimum absolute atomic E-state index is 0.222. The summed E-state index contributed by atoms with van der Waals surface area (Å²) in [5.74, 6) is 1.02. The molecule has 3 aromatic carbocycles. The van der Waals surface area contributed by atoms with Crippen LogP contribution in [0.5, 0.6) is 11.5 Å². The maximum absolute atomic E-state index is 12.9. The average Bonchev–Trinajstić information content (AvgIpc) is 2.93. The van der Waals surface area contributed by atoms with E-state index in [-0.39, 0.29) is 12.3 Å². The molecule has 0 saturated heterocycles. The van der Waals surface area contributed by atoms with Crippen molar-refractivity contribution < 1.29 is 24.1 Å². The molecule has 1 atom stereocenters. The third-order valence-corrected chi connectivity index (χ3v) is 6.06. The van der Waals surface area contributed by atoms with E-state index in [0.29, 0.717) is 18.8 Å². The Labute approximate surface area is 232 Å². The topological polar surface area (TPSA) is 65.0 Å². The van der Waals surface area contributed by atoms with Crippen molar-refractivity contribution >= 4 is 24.2 Å². The van der Waals surface area contributed by atoms with E-state index in [2.05, 4.69) is 0 Å². The number of ether oxygens (including phenoxy) is 3. The Kier molecular flexibility index (Phi) is 11.1. The Morgan fingerprint density at radius 3 is 1.82 bits per heavy atom. The van der Waals surface area contributed by atoms with Crippen LogP contribution >= 0.6 is 0 Å². The van der Waals surface area contributed by atoms with Gasteiger partial charge in [-0.25, -0.2) is 0 Å². The normalized spacial score (nSPS) is 12.8. The smallest absolute Gasteiger partial charge is 0.317 e. The van der Waals surface area contributed by atoms with Gasteiger partial charge in [-0.15, -0.1) is 0 Å². The maximum Gasteiger partial charge on any atom is 0.317 e. The van der Waals surface area contributed by atoms with Crippen molar-refractivity contribution in [1.82, 2.24) is 0 Å². The van der Waals surface area contributed by atoms with E-state index in [0.717, 1.165) is 40.7 Å². The number of carbonyl (C=O) groups is 1. The van der Waals surface area contributed by atoms with Crippen LogP contribution in [0, 0.1) is 5.41 Å². The number of aliphatic hydroxyl groups excluding tert-OH is 1. The summed E-state index contributed by atoms with van der Waals surface area (Å²) >= 11 is 0. The SMILES string of the molecule is CCOC(CC)Oc1ccc(C=CC=Cc2ccc(OC(=O)C(C)(C)Cc3ccc(C=CO)cc3)cc2)cc1. The molecule has 0 spiro atoms. The van der Waals surface area contributed by atoms with Gasteiger partial charge in [-0.05, 0) is 79.8 Å². The first-order valence-corrected chi connectivity index (χ1v) is 13.3. The van der Waals surface area contributed by atoms with Crippen molar-refractivity contribution in [3.63, 3.8) is 0 Å². The van der Waals surface area contributed by atoms with Gasteiger partial charge in [0.2, 0.25) is 0 Å². The molecule has 0 aliphatic carbocycles. The first kappa shape index (κ1) is 29.5. The summed E-state index contributed by atoms with van der Waals surface area (Å²) in [6.07, 6.45) is 11.7. The molecule has 0 bridgehead atoms. The van der Waals surface area contributed by atoms with Gasteiger partial charge in [-0.3, -0.25) is 4.79 Å². The van der Waals surface area contributed by atoms with Crippen LogP contribution in [-0.2, 0) is 16.0 Å². The van der Waals surface area contributed by atoms with Crippen LogP contribution in [0.2, 0.25) is 0 Å². The predicted molar refractivity (Wildman–Crippen MR) is 159 cm³/mol. The van der Waals surface area contributed by atoms with Crippen LogP contribution in [0.4, 0.5) is 0 Å². The molecule has 1 N–H and O–H groups in total. The lowest BCUT2D eigenvalue weighted by molar-refractivity contribution is -0.143. The quantitative estimate of drug-likeness (QED) is 0.0798. The zero-order chi connectivity index (χ0) is 28.1. The number of carbonyl (C=O) groups excluding carboxylic acids is 1. The number of hydrogen-bond acceptors (Lipinski definition) is 5. The zero-order valence-electron chi connectivity index (χ0n) is 23.2. The molecule has 0 radical (unpaired) electrons. The summed E-state index contributed by atoms with van der Waals surface area (Å²) in [6, 6.07) is 23.1. The fourth-order valence-corrected chi connectivity index (χ4v) is 3.87. The molecule has 0 fully saturated rings. The van der Waals surface area contributed by atoms with Crippen LogP contribution in [0.1, 0.15) is 56.4 Å². The molecule has 0 amide bonds. The summed E-state index contributed by atoms with van der Waals surface area (Å²) in [5.41, 5.74) is 3.30. The molecule has 0 aliphatic rings. The second-order valence-electron chi connectivity index (χ2n) is 9.77. The van der Waals surface area contributed by atoms with Crippen molar-refractivity contribution in [2.75, 3.05) is 6.61 Å². The van der Waals surface area contributed by atoms with Crippen LogP contribution in [0.15, 0.2) is 91.2 Å². The van der Waals surface area contributed by atoms with Gasteiger partial charge < -0.3 is 19.3 Å². The first-order valence-electron chi connectivity index (χ1n) is 13.3. The molecule has 5 nitrogen and oxygen atoms in total. The molecule has 0 aliphatic heterocycles. The first-order chi connectivity index (χ1) is 18.8. The van der Waals surface area contributed by atoms with E-state index in [1.54, 1.807) is 18.2 Å². The number of allylic oxidation sites excluding steroid dienone is 2. The molecule has 39 heavy (non-hydrogen) atoms. The Bertz CT molecular complexity index is 1250. The van der Waals surface area contributed by atoms with Gasteiger partial charge in [0.05, 0.1) is 11.7 Å². The second kappa shape index (κ2) is 14.7. The fourth-order valence-electron chi connectivity index (χ4n) is 3.87. The van der Waals surface area contributed by atoms with Crippen LogP contribution in [-0.4, -0.2) is 24.0 Å². The van der Waals surface area contributed by atoms with E-state index in [9.17, 15) is 4.79 Å². The van der Waals surface area contributed by atoms with Crippen molar-refractivity contribution in [1.29, 1.82) is 0 Å². The summed E-state index contributed by atoms with van der Waals surface area (Å²) in [6.45, 7) is 8.38. The Balaban J connectivity index is 1.50. The zero-order valence-corrected chi connectivity index (χ0v) is 23.2. The largest absolute Gasteiger partial charge is 0.516 e. The van der Waals surface area contributed by atoms with Crippen molar-refractivity contribution in [3.8, 4) is 11.5 Å². The van der Waals surface area contributed by atoms with Crippen molar-refractivity contribution in [2.45, 2.75) is 46.8 Å². The maximum atomic E-state index is 12.9. The van der Waals surface area contributed by atoms with Gasteiger partial charge in [0.15, 0.2) is 6.29 Å². The predicted octanol–water partition coefficient (Wildman–Crippen LogP) is 8.27. The van der Waals surface area contributed by atoms with Gasteiger partial charge in [-0.2, -0.15) is 0 Å². The third kappa shape index (κ3) is 9.62. The lowest BCUT2D eigenvalue weighted by Gasteiger charge is -2.22. The van der Waals surface area contributed by atoms with E-state index >= 15 is 0 Å². The Hall–Kier alpha value is -4.09. The molecule has 204 valence electrons. The summed E-state index contributed by atoms with van der Waals surface area (Å²) < 4.78 is 17.0. The Morgan fingerprint density at radius 2 is 1.31 bits per heavy atom. The van der Waals surface area contributed by atoms with E-state index < -0.39 is 5.41 Å². The molecular weight excluding hydrogens is 488 g/mol. The van der Waals surface area contributed by atoms with Crippen LogP contribution in [0.3, 0.4) is 0 Å². The molecule has 1 unspecified atom stereocenters. The van der Waals surface area contributed by atoms with Crippen molar-refractivity contribution in [3.05, 3.63) is 113 Å². The standard InChI is InChI=1S/C34H38O5/c1-5-32(37-6-2)38-30-19-15-26(16-20-30)9-7-8-10-27-17-21-31(22-18-27)39-33(36)34(3,4)25-29-13-11-28(12-14-29)23-24-35/h7-24,32,35H,5-6,25H2,1-4H3. The molecular formula is C34H38O5. The molecule has 0 heterocycles. The van der Waals surface area contributed by atoms with Gasteiger partial charge in [-0.1, -0.05) is 79.8 Å². The van der Waals surface area contributed by atoms with E-state index in [1.165, 1.54) is 0 Å². The summed E-state index contributed by atoms with van der Waals surface area (Å²) in [7, 11) is 0. The van der Waals surface area contributed by atoms with Crippen LogP contribution in [0.25, 0.3) is 18.2 Å². The number of hydrogen-bond donors (Lipinski definition) is 1. The molecule has 0 saturated carbocycles. The minimum atomic E-state index is -0.691.